The summed E-state index contributed by atoms with van der Waals surface area (Å²) < 4.78 is 23.4. The first-order chi connectivity index (χ1) is 9.01. The van der Waals surface area contributed by atoms with E-state index in [-0.39, 0.29) is 5.75 Å². The molecule has 1 aromatic carbocycles. The number of sulfone groups is 1. The van der Waals surface area contributed by atoms with Crippen LogP contribution in [0.1, 0.15) is 39.5 Å². The fourth-order valence-corrected chi connectivity index (χ4v) is 3.61. The number of rotatable bonds is 4. The second kappa shape index (κ2) is 5.95. The molecule has 0 amide bonds. The molecule has 0 saturated heterocycles. The number of benzene rings is 1. The van der Waals surface area contributed by atoms with Gasteiger partial charge in [-0.1, -0.05) is 26.7 Å². The van der Waals surface area contributed by atoms with E-state index < -0.39 is 9.84 Å². The first-order valence-corrected chi connectivity index (χ1v) is 8.76. The maximum Gasteiger partial charge on any atom is 0.178 e. The zero-order valence-corrected chi connectivity index (χ0v) is 12.5. The van der Waals surface area contributed by atoms with Gasteiger partial charge < -0.3 is 5.32 Å². The Balaban J connectivity index is 2.03. The van der Waals surface area contributed by atoms with E-state index in [1.54, 1.807) is 19.1 Å². The minimum absolute atomic E-state index is 0.153. The van der Waals surface area contributed by atoms with Gasteiger partial charge in [-0.3, -0.25) is 0 Å². The molecule has 0 spiro atoms. The summed E-state index contributed by atoms with van der Waals surface area (Å²) in [4.78, 5) is 0.414. The molecule has 0 aromatic heterocycles. The minimum atomic E-state index is -3.08. The van der Waals surface area contributed by atoms with Gasteiger partial charge in [0.15, 0.2) is 9.84 Å². The van der Waals surface area contributed by atoms with Crippen molar-refractivity contribution < 1.29 is 8.42 Å². The Hall–Kier alpha value is -1.03. The lowest BCUT2D eigenvalue weighted by Crippen LogP contribution is -2.26. The summed E-state index contributed by atoms with van der Waals surface area (Å²) in [6.45, 7) is 3.97. The maximum atomic E-state index is 11.7. The summed E-state index contributed by atoms with van der Waals surface area (Å²) in [5, 5.41) is 3.51. The molecule has 2 atom stereocenters. The van der Waals surface area contributed by atoms with Gasteiger partial charge in [-0.25, -0.2) is 8.42 Å². The Kier molecular flexibility index (Phi) is 4.50. The van der Waals surface area contributed by atoms with Crippen LogP contribution in [0.2, 0.25) is 0 Å². The molecule has 2 rings (SSSR count). The summed E-state index contributed by atoms with van der Waals surface area (Å²) in [7, 11) is -3.08. The van der Waals surface area contributed by atoms with Crippen molar-refractivity contribution >= 4 is 15.5 Å². The summed E-state index contributed by atoms with van der Waals surface area (Å²) in [5.41, 5.74) is 1.02. The molecule has 1 fully saturated rings. The molecular formula is C15H23NO2S. The lowest BCUT2D eigenvalue weighted by Gasteiger charge is -2.28. The Morgan fingerprint density at radius 2 is 1.89 bits per heavy atom. The number of hydrogen-bond acceptors (Lipinski definition) is 3. The van der Waals surface area contributed by atoms with Crippen molar-refractivity contribution in [3.8, 4) is 0 Å². The zero-order valence-electron chi connectivity index (χ0n) is 11.7. The van der Waals surface area contributed by atoms with Gasteiger partial charge >= 0.3 is 0 Å². The highest BCUT2D eigenvalue weighted by Gasteiger charge is 2.18. The molecule has 1 aliphatic rings. The number of anilines is 1. The Morgan fingerprint density at radius 1 is 1.21 bits per heavy atom. The summed E-state index contributed by atoms with van der Waals surface area (Å²) in [6, 6.07) is 7.68. The van der Waals surface area contributed by atoms with Crippen molar-refractivity contribution in [1.29, 1.82) is 0 Å². The highest BCUT2D eigenvalue weighted by atomic mass is 32.2. The topological polar surface area (TPSA) is 46.2 Å². The van der Waals surface area contributed by atoms with Crippen molar-refractivity contribution in [3.05, 3.63) is 24.3 Å². The van der Waals surface area contributed by atoms with E-state index in [1.807, 2.05) is 12.1 Å². The predicted molar refractivity (Wildman–Crippen MR) is 79.2 cm³/mol. The first kappa shape index (κ1) is 14.4. The van der Waals surface area contributed by atoms with E-state index in [0.29, 0.717) is 10.9 Å². The molecule has 4 heteroatoms. The van der Waals surface area contributed by atoms with Crippen LogP contribution in [-0.2, 0) is 9.84 Å². The maximum absolute atomic E-state index is 11.7. The average molecular weight is 281 g/mol. The lowest BCUT2D eigenvalue weighted by atomic mass is 9.87. The molecule has 0 heterocycles. The second-order valence-corrected chi connectivity index (χ2v) is 7.82. The largest absolute Gasteiger partial charge is 0.382 e. The van der Waals surface area contributed by atoms with Crippen molar-refractivity contribution in [2.45, 2.75) is 50.5 Å². The van der Waals surface area contributed by atoms with E-state index in [0.717, 1.165) is 11.6 Å². The van der Waals surface area contributed by atoms with Crippen molar-refractivity contribution in [2.24, 2.45) is 5.92 Å². The Morgan fingerprint density at radius 3 is 2.47 bits per heavy atom. The quantitative estimate of drug-likeness (QED) is 0.919. The molecule has 19 heavy (non-hydrogen) atoms. The van der Waals surface area contributed by atoms with E-state index in [9.17, 15) is 8.42 Å². The van der Waals surface area contributed by atoms with E-state index in [2.05, 4.69) is 12.2 Å². The normalized spacial score (nSPS) is 24.1. The van der Waals surface area contributed by atoms with Crippen molar-refractivity contribution in [2.75, 3.05) is 11.1 Å². The lowest BCUT2D eigenvalue weighted by molar-refractivity contribution is 0.358. The third kappa shape index (κ3) is 3.72. The second-order valence-electron chi connectivity index (χ2n) is 5.54. The van der Waals surface area contributed by atoms with Crippen molar-refractivity contribution in [3.63, 3.8) is 0 Å². The van der Waals surface area contributed by atoms with E-state index in [1.165, 1.54) is 25.7 Å². The van der Waals surface area contributed by atoms with Gasteiger partial charge in [0.25, 0.3) is 0 Å². The zero-order chi connectivity index (χ0) is 13.9. The van der Waals surface area contributed by atoms with Crippen LogP contribution in [0.5, 0.6) is 0 Å². The molecule has 0 aliphatic heterocycles. The average Bonchev–Trinajstić information content (AvgIpc) is 2.39. The predicted octanol–water partition coefficient (Wildman–Crippen LogP) is 3.47. The molecule has 106 valence electrons. The highest BCUT2D eigenvalue weighted by molar-refractivity contribution is 7.91. The van der Waals surface area contributed by atoms with Crippen LogP contribution in [-0.4, -0.2) is 20.2 Å². The summed E-state index contributed by atoms with van der Waals surface area (Å²) >= 11 is 0. The molecule has 0 bridgehead atoms. The molecule has 1 N–H and O–H groups in total. The summed E-state index contributed by atoms with van der Waals surface area (Å²) in [6.07, 6.45) is 5.02. The molecule has 2 unspecified atom stereocenters. The van der Waals surface area contributed by atoms with Gasteiger partial charge in [-0.05, 0) is 43.0 Å². The van der Waals surface area contributed by atoms with Gasteiger partial charge in [-0.15, -0.1) is 0 Å². The van der Waals surface area contributed by atoms with E-state index >= 15 is 0 Å². The number of nitrogens with one attached hydrogen (secondary N) is 1. The highest BCUT2D eigenvalue weighted by Crippen LogP contribution is 2.26. The van der Waals surface area contributed by atoms with Crippen LogP contribution in [0.25, 0.3) is 0 Å². The SMILES string of the molecule is CCS(=O)(=O)c1ccc(NC2CCCC(C)C2)cc1. The molecule has 1 aliphatic carbocycles. The standard InChI is InChI=1S/C15H23NO2S/c1-3-19(17,18)15-9-7-13(8-10-15)16-14-6-4-5-12(2)11-14/h7-10,12,14,16H,3-6,11H2,1-2H3. The molecule has 3 nitrogen and oxygen atoms in total. The van der Waals surface area contributed by atoms with Gasteiger partial charge in [0.2, 0.25) is 0 Å². The fourth-order valence-electron chi connectivity index (χ4n) is 2.73. The third-order valence-corrected chi connectivity index (χ3v) is 5.65. The Labute approximate surface area is 116 Å². The van der Waals surface area contributed by atoms with Crippen molar-refractivity contribution in [1.82, 2.24) is 0 Å². The van der Waals surface area contributed by atoms with Gasteiger partial charge in [-0.2, -0.15) is 0 Å². The minimum Gasteiger partial charge on any atom is -0.382 e. The van der Waals surface area contributed by atoms with Crippen LogP contribution in [0.15, 0.2) is 29.2 Å². The number of hydrogen-bond donors (Lipinski definition) is 1. The van der Waals surface area contributed by atoms with Crippen LogP contribution < -0.4 is 5.32 Å². The van der Waals surface area contributed by atoms with Crippen LogP contribution >= 0.6 is 0 Å². The van der Waals surface area contributed by atoms with Gasteiger partial charge in [0.1, 0.15) is 0 Å². The Bertz CT molecular complexity index is 507. The smallest absolute Gasteiger partial charge is 0.178 e. The summed E-state index contributed by atoms with van der Waals surface area (Å²) in [5.74, 6) is 0.936. The van der Waals surface area contributed by atoms with Crippen LogP contribution in [0, 0.1) is 5.92 Å². The molecule has 1 saturated carbocycles. The molecule has 1 aromatic rings. The monoisotopic (exact) mass is 281 g/mol. The van der Waals surface area contributed by atoms with Crippen LogP contribution in [0.3, 0.4) is 0 Å². The van der Waals surface area contributed by atoms with Gasteiger partial charge in [0, 0.05) is 11.7 Å². The first-order valence-electron chi connectivity index (χ1n) is 7.10. The molecular weight excluding hydrogens is 258 g/mol. The van der Waals surface area contributed by atoms with E-state index in [4.69, 9.17) is 0 Å². The van der Waals surface area contributed by atoms with Crippen LogP contribution in [0.4, 0.5) is 5.69 Å². The molecule has 0 radical (unpaired) electrons. The van der Waals surface area contributed by atoms with Gasteiger partial charge in [0.05, 0.1) is 10.6 Å². The fraction of sp³-hybridized carbons (Fsp3) is 0.600. The third-order valence-electron chi connectivity index (χ3n) is 3.90.